The van der Waals surface area contributed by atoms with Crippen LogP contribution in [0.4, 0.5) is 19.0 Å². The van der Waals surface area contributed by atoms with E-state index in [4.69, 9.17) is 15.6 Å². The summed E-state index contributed by atoms with van der Waals surface area (Å²) in [6, 6.07) is 9.11. The molecule has 10 nitrogen and oxygen atoms in total. The van der Waals surface area contributed by atoms with Gasteiger partial charge in [-0.15, -0.1) is 0 Å². The summed E-state index contributed by atoms with van der Waals surface area (Å²) in [5.74, 6) is -3.49. The van der Waals surface area contributed by atoms with Gasteiger partial charge >= 0.3 is 0 Å². The van der Waals surface area contributed by atoms with Crippen molar-refractivity contribution in [1.29, 1.82) is 5.26 Å². The first-order valence-corrected chi connectivity index (χ1v) is 14.4. The Balaban J connectivity index is 1.30. The molecule has 2 fully saturated rings. The highest BCUT2D eigenvalue weighted by Crippen LogP contribution is 2.37. The van der Waals surface area contributed by atoms with Crippen LogP contribution in [0.1, 0.15) is 31.7 Å². The van der Waals surface area contributed by atoms with Crippen molar-refractivity contribution in [2.45, 2.75) is 31.7 Å². The summed E-state index contributed by atoms with van der Waals surface area (Å²) in [5.41, 5.74) is 7.00. The molecule has 1 amide bonds. The predicted molar refractivity (Wildman–Crippen MR) is 156 cm³/mol. The second-order valence-corrected chi connectivity index (χ2v) is 10.9. The van der Waals surface area contributed by atoms with Gasteiger partial charge in [-0.05, 0) is 69.0 Å². The van der Waals surface area contributed by atoms with Gasteiger partial charge in [0.05, 0.1) is 11.4 Å². The Morgan fingerprint density at radius 1 is 1.11 bits per heavy atom. The van der Waals surface area contributed by atoms with Gasteiger partial charge in [0, 0.05) is 24.7 Å². The standard InChI is InChI=1S/C31H29F3N8O2/c32-23-4-1-5-25(27(23)34)44-21-6-7-22(24(33)14-21)28-26-29(36)38-17-39-30(26)42(40-28)20-3-2-12-41(16-20)31(43)19(15-35)13-18-8-10-37-11-9-18/h1,4-7,13-14,17-18,20,37H,2-3,8-12,16H2,(H2,36,38,39)/t20-/m0/s1. The smallest absolute Gasteiger partial charge is 0.264 e. The molecule has 226 valence electrons. The molecule has 4 heterocycles. The largest absolute Gasteiger partial charge is 0.454 e. The molecule has 0 unspecified atom stereocenters. The van der Waals surface area contributed by atoms with Gasteiger partial charge in [-0.1, -0.05) is 12.1 Å². The summed E-state index contributed by atoms with van der Waals surface area (Å²) in [7, 11) is 0. The number of carbonyl (C=O) groups excluding carboxylic acids is 1. The van der Waals surface area contributed by atoms with E-state index in [9.17, 15) is 18.8 Å². The number of nitrogens with zero attached hydrogens (tertiary/aromatic N) is 6. The molecule has 2 saturated heterocycles. The number of anilines is 1. The highest BCUT2D eigenvalue weighted by atomic mass is 19.2. The first-order chi connectivity index (χ1) is 21.3. The van der Waals surface area contributed by atoms with Crippen molar-refractivity contribution >= 4 is 22.8 Å². The van der Waals surface area contributed by atoms with Gasteiger partial charge in [0.15, 0.2) is 17.2 Å². The number of hydrogen-bond acceptors (Lipinski definition) is 8. The summed E-state index contributed by atoms with van der Waals surface area (Å²) in [6.07, 6.45) is 6.16. The van der Waals surface area contributed by atoms with E-state index >= 15 is 4.39 Å². The molecule has 2 aliphatic rings. The van der Waals surface area contributed by atoms with E-state index < -0.39 is 17.5 Å². The van der Waals surface area contributed by atoms with Crippen LogP contribution in [0.15, 0.2) is 54.4 Å². The number of likely N-dealkylation sites (tertiary alicyclic amines) is 1. The predicted octanol–water partition coefficient (Wildman–Crippen LogP) is 4.90. The lowest BCUT2D eigenvalue weighted by Crippen LogP contribution is -2.41. The summed E-state index contributed by atoms with van der Waals surface area (Å²) < 4.78 is 50.3. The Labute approximate surface area is 250 Å². The van der Waals surface area contributed by atoms with Crippen molar-refractivity contribution in [2.24, 2.45) is 5.92 Å². The molecule has 0 spiro atoms. The van der Waals surface area contributed by atoms with Crippen LogP contribution in [0.3, 0.4) is 0 Å². The molecule has 2 aliphatic heterocycles. The third kappa shape index (κ3) is 5.68. The fraction of sp³-hybridized carbons (Fsp3) is 0.323. The molecule has 1 atom stereocenters. The molecule has 2 aromatic heterocycles. The van der Waals surface area contributed by atoms with Crippen LogP contribution in [-0.2, 0) is 4.79 Å². The van der Waals surface area contributed by atoms with Crippen LogP contribution in [0.2, 0.25) is 0 Å². The Hall–Kier alpha value is -4.96. The van der Waals surface area contributed by atoms with Crippen molar-refractivity contribution in [3.8, 4) is 28.8 Å². The molecular formula is C31H29F3N8O2. The van der Waals surface area contributed by atoms with Crippen molar-refractivity contribution in [2.75, 3.05) is 31.9 Å². The number of halogens is 3. The molecule has 44 heavy (non-hydrogen) atoms. The Bertz CT molecular complexity index is 1790. The number of rotatable bonds is 6. The van der Waals surface area contributed by atoms with Crippen LogP contribution in [-0.4, -0.2) is 56.7 Å². The Morgan fingerprint density at radius 3 is 2.70 bits per heavy atom. The number of aromatic nitrogens is 4. The molecule has 0 bridgehead atoms. The van der Waals surface area contributed by atoms with Crippen LogP contribution in [0, 0.1) is 34.7 Å². The van der Waals surface area contributed by atoms with E-state index in [2.05, 4.69) is 21.4 Å². The van der Waals surface area contributed by atoms with Gasteiger partial charge in [0.1, 0.15) is 41.0 Å². The van der Waals surface area contributed by atoms with Crippen molar-refractivity contribution in [3.63, 3.8) is 0 Å². The lowest BCUT2D eigenvalue weighted by atomic mass is 9.95. The van der Waals surface area contributed by atoms with Crippen molar-refractivity contribution in [1.82, 2.24) is 30.0 Å². The molecule has 6 rings (SSSR count). The van der Waals surface area contributed by atoms with E-state index in [0.717, 1.165) is 38.1 Å². The maximum absolute atomic E-state index is 15.5. The molecule has 2 aromatic carbocycles. The minimum atomic E-state index is -1.18. The van der Waals surface area contributed by atoms with Crippen molar-refractivity contribution in [3.05, 3.63) is 71.8 Å². The lowest BCUT2D eigenvalue weighted by Gasteiger charge is -2.33. The number of allylic oxidation sites excluding steroid dienone is 1. The first kappa shape index (κ1) is 29.1. The summed E-state index contributed by atoms with van der Waals surface area (Å²) in [4.78, 5) is 23.5. The third-order valence-electron chi connectivity index (χ3n) is 8.02. The van der Waals surface area contributed by atoms with Crippen LogP contribution >= 0.6 is 0 Å². The summed E-state index contributed by atoms with van der Waals surface area (Å²) >= 11 is 0. The van der Waals surface area contributed by atoms with E-state index in [1.165, 1.54) is 30.6 Å². The minimum absolute atomic E-state index is 0.0454. The van der Waals surface area contributed by atoms with E-state index in [1.807, 2.05) is 0 Å². The van der Waals surface area contributed by atoms with Gasteiger partial charge in [-0.3, -0.25) is 4.79 Å². The number of nitrogen functional groups attached to an aromatic ring is 1. The van der Waals surface area contributed by atoms with Crippen LogP contribution in [0.25, 0.3) is 22.3 Å². The number of amides is 1. The van der Waals surface area contributed by atoms with Gasteiger partial charge in [-0.25, -0.2) is 23.4 Å². The number of fused-ring (bicyclic) bond motifs is 1. The number of nitriles is 1. The Kier molecular flexibility index (Phi) is 8.17. The van der Waals surface area contributed by atoms with Gasteiger partial charge in [0.2, 0.25) is 5.82 Å². The number of piperidine rings is 2. The number of ether oxygens (including phenoxy) is 1. The summed E-state index contributed by atoms with van der Waals surface area (Å²) in [5, 5.41) is 18.1. The van der Waals surface area contributed by atoms with Crippen LogP contribution < -0.4 is 15.8 Å². The van der Waals surface area contributed by atoms with Gasteiger partial charge < -0.3 is 20.7 Å². The molecule has 0 radical (unpaired) electrons. The van der Waals surface area contributed by atoms with Gasteiger partial charge in [-0.2, -0.15) is 14.8 Å². The molecule has 0 aliphatic carbocycles. The number of hydrogen-bond donors (Lipinski definition) is 2. The van der Waals surface area contributed by atoms with Gasteiger partial charge in [0.25, 0.3) is 5.91 Å². The second kappa shape index (κ2) is 12.3. The number of benzene rings is 2. The Morgan fingerprint density at radius 2 is 1.93 bits per heavy atom. The highest BCUT2D eigenvalue weighted by molar-refractivity contribution is 5.99. The monoisotopic (exact) mass is 602 g/mol. The van der Waals surface area contributed by atoms with E-state index in [0.29, 0.717) is 30.4 Å². The van der Waals surface area contributed by atoms with E-state index in [-0.39, 0.29) is 58.6 Å². The minimum Gasteiger partial charge on any atom is -0.454 e. The average molecular weight is 603 g/mol. The molecule has 0 saturated carbocycles. The number of carbonyl (C=O) groups is 1. The molecule has 3 N–H and O–H groups in total. The maximum Gasteiger partial charge on any atom is 0.264 e. The summed E-state index contributed by atoms with van der Waals surface area (Å²) in [6.45, 7) is 2.47. The third-order valence-corrected chi connectivity index (χ3v) is 8.02. The zero-order valence-corrected chi connectivity index (χ0v) is 23.6. The maximum atomic E-state index is 15.5. The molecule has 4 aromatic rings. The quantitative estimate of drug-likeness (QED) is 0.235. The second-order valence-electron chi connectivity index (χ2n) is 10.9. The fourth-order valence-electron chi connectivity index (χ4n) is 5.79. The van der Waals surface area contributed by atoms with Crippen LogP contribution in [0.5, 0.6) is 11.5 Å². The number of nitrogens with one attached hydrogen (secondary N) is 1. The first-order valence-electron chi connectivity index (χ1n) is 14.4. The number of nitrogens with two attached hydrogens (primary N) is 1. The average Bonchev–Trinajstić information content (AvgIpc) is 3.43. The van der Waals surface area contributed by atoms with E-state index in [1.54, 1.807) is 15.7 Å². The van der Waals surface area contributed by atoms with Crippen molar-refractivity contribution < 1.29 is 22.7 Å². The topological polar surface area (TPSA) is 135 Å². The molecular weight excluding hydrogens is 573 g/mol. The zero-order valence-electron chi connectivity index (χ0n) is 23.6. The SMILES string of the molecule is N#CC(=CC1CCNCC1)C(=O)N1CCC[C@H](n2nc(-c3ccc(Oc4cccc(F)c4F)cc3F)c3c(N)ncnc32)C1. The zero-order chi connectivity index (χ0) is 30.8. The lowest BCUT2D eigenvalue weighted by molar-refractivity contribution is -0.128. The fourth-order valence-corrected chi connectivity index (χ4v) is 5.79. The molecule has 13 heteroatoms. The normalized spacial score (nSPS) is 17.9. The highest BCUT2D eigenvalue weighted by Gasteiger charge is 2.31.